The van der Waals surface area contributed by atoms with Crippen LogP contribution in [-0.4, -0.2) is 56.3 Å². The van der Waals surface area contributed by atoms with Gasteiger partial charge in [-0.2, -0.15) is 0 Å². The first-order valence-corrected chi connectivity index (χ1v) is 9.97. The van der Waals surface area contributed by atoms with Crippen molar-refractivity contribution in [1.29, 1.82) is 0 Å². The van der Waals surface area contributed by atoms with E-state index in [1.54, 1.807) is 17.0 Å². The SMILES string of the molecule is COc1cc(C(=O)N2CC(Oc3nc4c(C)cccc4s3)C2)cc(OC)c1OC. The number of amides is 1. The lowest BCUT2D eigenvalue weighted by Crippen LogP contribution is -2.56. The van der Waals surface area contributed by atoms with E-state index in [0.717, 1.165) is 15.8 Å². The molecule has 8 heteroatoms. The van der Waals surface area contributed by atoms with Gasteiger partial charge in [0.2, 0.25) is 5.75 Å². The van der Waals surface area contributed by atoms with Crippen molar-refractivity contribution in [2.24, 2.45) is 0 Å². The molecular formula is C21H22N2O5S. The number of hydrogen-bond donors (Lipinski definition) is 0. The van der Waals surface area contributed by atoms with Gasteiger partial charge in [0.15, 0.2) is 11.5 Å². The van der Waals surface area contributed by atoms with Crippen LogP contribution < -0.4 is 18.9 Å². The summed E-state index contributed by atoms with van der Waals surface area (Å²) in [6.45, 7) is 3.04. The number of methoxy groups -OCH3 is 3. The largest absolute Gasteiger partial charge is 0.493 e. The number of hydrogen-bond acceptors (Lipinski definition) is 7. The molecule has 2 aromatic carbocycles. The average molecular weight is 414 g/mol. The number of aryl methyl sites for hydroxylation is 1. The minimum Gasteiger partial charge on any atom is -0.493 e. The molecule has 7 nitrogen and oxygen atoms in total. The van der Waals surface area contributed by atoms with Crippen LogP contribution in [0.5, 0.6) is 22.4 Å². The first-order valence-electron chi connectivity index (χ1n) is 9.16. The molecule has 1 fully saturated rings. The molecule has 29 heavy (non-hydrogen) atoms. The molecule has 0 saturated carbocycles. The predicted molar refractivity (Wildman–Crippen MR) is 111 cm³/mol. The van der Waals surface area contributed by atoms with Gasteiger partial charge in [0.05, 0.1) is 44.6 Å². The fraction of sp³-hybridized carbons (Fsp3) is 0.333. The van der Waals surface area contributed by atoms with Crippen LogP contribution >= 0.6 is 11.3 Å². The predicted octanol–water partition coefficient (Wildman–Crippen LogP) is 3.53. The van der Waals surface area contributed by atoms with Crippen LogP contribution in [0.1, 0.15) is 15.9 Å². The van der Waals surface area contributed by atoms with Crippen molar-refractivity contribution in [3.8, 4) is 22.4 Å². The molecule has 3 aromatic rings. The van der Waals surface area contributed by atoms with Crippen LogP contribution in [0.15, 0.2) is 30.3 Å². The molecule has 0 atom stereocenters. The smallest absolute Gasteiger partial charge is 0.274 e. The molecule has 1 aromatic heterocycles. The number of benzene rings is 2. The molecule has 1 amide bonds. The van der Waals surface area contributed by atoms with Gasteiger partial charge in [-0.05, 0) is 30.7 Å². The Bertz CT molecular complexity index is 1030. The van der Waals surface area contributed by atoms with Crippen LogP contribution in [0.2, 0.25) is 0 Å². The minimum atomic E-state index is -0.107. The summed E-state index contributed by atoms with van der Waals surface area (Å²) in [5.41, 5.74) is 2.58. The van der Waals surface area contributed by atoms with Gasteiger partial charge in [-0.15, -0.1) is 0 Å². The number of likely N-dealkylation sites (tertiary alicyclic amines) is 1. The Labute approximate surface area is 172 Å². The zero-order valence-corrected chi connectivity index (χ0v) is 17.5. The van der Waals surface area contributed by atoms with E-state index in [2.05, 4.69) is 4.98 Å². The average Bonchev–Trinajstić information content (AvgIpc) is 3.12. The van der Waals surface area contributed by atoms with Crippen LogP contribution in [0.4, 0.5) is 0 Å². The summed E-state index contributed by atoms with van der Waals surface area (Å²) in [7, 11) is 4.58. The summed E-state index contributed by atoms with van der Waals surface area (Å²) in [6, 6.07) is 9.41. The third-order valence-electron chi connectivity index (χ3n) is 4.92. The monoisotopic (exact) mass is 414 g/mol. The van der Waals surface area contributed by atoms with Gasteiger partial charge in [0.25, 0.3) is 11.1 Å². The first-order chi connectivity index (χ1) is 14.0. The minimum absolute atomic E-state index is 0.0677. The highest BCUT2D eigenvalue weighted by molar-refractivity contribution is 7.20. The molecule has 1 saturated heterocycles. The summed E-state index contributed by atoms with van der Waals surface area (Å²) < 4.78 is 23.1. The Morgan fingerprint density at radius 3 is 2.38 bits per heavy atom. The Morgan fingerprint density at radius 2 is 1.79 bits per heavy atom. The second kappa shape index (κ2) is 7.79. The van der Waals surface area contributed by atoms with E-state index < -0.39 is 0 Å². The molecule has 4 rings (SSSR count). The topological polar surface area (TPSA) is 70.1 Å². The number of aromatic nitrogens is 1. The molecule has 0 unspecified atom stereocenters. The number of para-hydroxylation sites is 1. The molecule has 0 N–H and O–H groups in total. The Balaban J connectivity index is 1.44. The third kappa shape index (κ3) is 3.55. The molecule has 2 heterocycles. The number of thiazole rings is 1. The summed E-state index contributed by atoms with van der Waals surface area (Å²) in [6.07, 6.45) is -0.0677. The second-order valence-corrected chi connectivity index (χ2v) is 7.76. The van der Waals surface area contributed by atoms with Crippen molar-refractivity contribution in [1.82, 2.24) is 9.88 Å². The summed E-state index contributed by atoms with van der Waals surface area (Å²) in [5.74, 6) is 1.26. The van der Waals surface area contributed by atoms with Gasteiger partial charge >= 0.3 is 0 Å². The van der Waals surface area contributed by atoms with Crippen molar-refractivity contribution in [3.05, 3.63) is 41.5 Å². The first kappa shape index (κ1) is 19.3. The van der Waals surface area contributed by atoms with Crippen LogP contribution in [0.3, 0.4) is 0 Å². The third-order valence-corrected chi connectivity index (χ3v) is 5.83. The van der Waals surface area contributed by atoms with Gasteiger partial charge in [-0.3, -0.25) is 4.79 Å². The molecule has 1 aliphatic rings. The summed E-state index contributed by atoms with van der Waals surface area (Å²) >= 11 is 1.53. The van der Waals surface area contributed by atoms with E-state index in [1.807, 2.05) is 25.1 Å². The summed E-state index contributed by atoms with van der Waals surface area (Å²) in [4.78, 5) is 19.2. The van der Waals surface area contributed by atoms with Crippen LogP contribution in [0.25, 0.3) is 10.2 Å². The van der Waals surface area contributed by atoms with Crippen molar-refractivity contribution >= 4 is 27.5 Å². The Morgan fingerprint density at radius 1 is 1.10 bits per heavy atom. The van der Waals surface area contributed by atoms with Crippen LogP contribution in [-0.2, 0) is 0 Å². The fourth-order valence-electron chi connectivity index (χ4n) is 3.32. The van der Waals surface area contributed by atoms with E-state index in [1.165, 1.54) is 32.7 Å². The fourth-order valence-corrected chi connectivity index (χ4v) is 4.28. The number of rotatable bonds is 6. The molecule has 0 bridgehead atoms. The van der Waals surface area contributed by atoms with Crippen molar-refractivity contribution in [2.45, 2.75) is 13.0 Å². The number of carbonyl (C=O) groups excluding carboxylic acids is 1. The maximum atomic E-state index is 12.9. The summed E-state index contributed by atoms with van der Waals surface area (Å²) in [5, 5.41) is 0.638. The van der Waals surface area contributed by atoms with Crippen molar-refractivity contribution < 1.29 is 23.7 Å². The van der Waals surface area contributed by atoms with Gasteiger partial charge < -0.3 is 23.8 Å². The number of nitrogens with zero attached hydrogens (tertiary/aromatic N) is 2. The Kier molecular flexibility index (Phi) is 5.19. The maximum absolute atomic E-state index is 12.9. The van der Waals surface area contributed by atoms with E-state index in [-0.39, 0.29) is 12.0 Å². The van der Waals surface area contributed by atoms with Gasteiger partial charge in [0.1, 0.15) is 6.10 Å². The van der Waals surface area contributed by atoms with Gasteiger partial charge in [-0.25, -0.2) is 4.98 Å². The molecule has 0 radical (unpaired) electrons. The van der Waals surface area contributed by atoms with Gasteiger partial charge in [-0.1, -0.05) is 23.5 Å². The van der Waals surface area contributed by atoms with Crippen LogP contribution in [0, 0.1) is 6.92 Å². The number of carbonyl (C=O) groups is 1. The number of ether oxygens (including phenoxy) is 4. The Hall–Kier alpha value is -3.00. The lowest BCUT2D eigenvalue weighted by Gasteiger charge is -2.38. The highest BCUT2D eigenvalue weighted by Crippen LogP contribution is 2.39. The molecule has 0 aliphatic carbocycles. The normalized spacial score (nSPS) is 13.9. The lowest BCUT2D eigenvalue weighted by molar-refractivity contribution is 0.0177. The number of fused-ring (bicyclic) bond motifs is 1. The quantitative estimate of drug-likeness (QED) is 0.615. The highest BCUT2D eigenvalue weighted by Gasteiger charge is 2.34. The zero-order valence-electron chi connectivity index (χ0n) is 16.7. The molecule has 0 spiro atoms. The van der Waals surface area contributed by atoms with Gasteiger partial charge in [0, 0.05) is 5.56 Å². The molecular weight excluding hydrogens is 392 g/mol. The maximum Gasteiger partial charge on any atom is 0.274 e. The van der Waals surface area contributed by atoms with Crippen molar-refractivity contribution in [2.75, 3.05) is 34.4 Å². The highest BCUT2D eigenvalue weighted by atomic mass is 32.1. The van der Waals surface area contributed by atoms with E-state index >= 15 is 0 Å². The van der Waals surface area contributed by atoms with Crippen molar-refractivity contribution in [3.63, 3.8) is 0 Å². The van der Waals surface area contributed by atoms with E-state index in [0.29, 0.717) is 41.1 Å². The zero-order chi connectivity index (χ0) is 20.5. The van der Waals surface area contributed by atoms with E-state index in [4.69, 9.17) is 18.9 Å². The second-order valence-electron chi connectivity index (χ2n) is 6.77. The van der Waals surface area contributed by atoms with E-state index in [9.17, 15) is 4.79 Å². The molecule has 1 aliphatic heterocycles. The lowest BCUT2D eigenvalue weighted by atomic mass is 10.1. The molecule has 152 valence electrons. The standard InChI is InChI=1S/C21H22N2O5S/c1-12-6-5-7-17-18(12)22-21(29-17)28-14-10-23(11-14)20(24)13-8-15(25-2)19(27-4)16(9-13)26-3/h5-9,14H,10-11H2,1-4H3.